The van der Waals surface area contributed by atoms with Crippen molar-refractivity contribution in [1.29, 1.82) is 0 Å². The molecule has 1 aromatic carbocycles. The number of hydrogen-bond donors (Lipinski definition) is 0. The van der Waals surface area contributed by atoms with Gasteiger partial charge in [-0.05, 0) is 38.0 Å². The molecule has 0 N–H and O–H groups in total. The summed E-state index contributed by atoms with van der Waals surface area (Å²) in [5.41, 5.74) is 1.61. The molecule has 162 valence electrons. The van der Waals surface area contributed by atoms with Crippen molar-refractivity contribution in [3.05, 3.63) is 30.0 Å². The summed E-state index contributed by atoms with van der Waals surface area (Å²) in [5.74, 6) is 1.90. The molecule has 0 bridgehead atoms. The maximum absolute atomic E-state index is 13.0. The predicted octanol–water partition coefficient (Wildman–Crippen LogP) is 4.03. The molecule has 30 heavy (non-hydrogen) atoms. The van der Waals surface area contributed by atoms with Gasteiger partial charge in [0.1, 0.15) is 0 Å². The molecule has 10 heteroatoms. The van der Waals surface area contributed by atoms with Crippen molar-refractivity contribution in [2.24, 2.45) is 0 Å². The largest absolute Gasteiger partial charge is 0.424 e. The van der Waals surface area contributed by atoms with E-state index in [1.165, 1.54) is 11.8 Å². The summed E-state index contributed by atoms with van der Waals surface area (Å²) in [6, 6.07) is 5.25. The fraction of sp³-hybridized carbons (Fsp3) is 0.550. The van der Waals surface area contributed by atoms with E-state index in [-0.39, 0.29) is 5.92 Å². The van der Waals surface area contributed by atoms with Gasteiger partial charge in [0, 0.05) is 25.6 Å². The molecule has 1 aliphatic rings. The molecule has 2 aromatic heterocycles. The zero-order valence-electron chi connectivity index (χ0n) is 17.5. The van der Waals surface area contributed by atoms with Gasteiger partial charge in [0.05, 0.1) is 21.7 Å². The van der Waals surface area contributed by atoms with Crippen LogP contribution in [0.5, 0.6) is 0 Å². The van der Waals surface area contributed by atoms with Crippen LogP contribution in [0.2, 0.25) is 0 Å². The smallest absolute Gasteiger partial charge is 0.243 e. The average molecular weight is 450 g/mol. The summed E-state index contributed by atoms with van der Waals surface area (Å²) < 4.78 is 35.4. The molecular weight excluding hydrogens is 422 g/mol. The van der Waals surface area contributed by atoms with E-state index >= 15 is 0 Å². The number of fused-ring (bicyclic) bond motifs is 1. The van der Waals surface area contributed by atoms with Gasteiger partial charge in [0.25, 0.3) is 0 Å². The Hall–Kier alpha value is -1.91. The van der Waals surface area contributed by atoms with E-state index in [4.69, 9.17) is 9.40 Å². The van der Waals surface area contributed by atoms with Gasteiger partial charge in [-0.2, -0.15) is 4.31 Å². The minimum absolute atomic E-state index is 0.191. The van der Waals surface area contributed by atoms with Crippen molar-refractivity contribution in [3.63, 3.8) is 0 Å². The molecule has 8 nitrogen and oxygen atoms in total. The zero-order chi connectivity index (χ0) is 21.3. The Morgan fingerprint density at radius 1 is 1.17 bits per heavy atom. The van der Waals surface area contributed by atoms with Gasteiger partial charge in [0.2, 0.25) is 21.8 Å². The number of benzene rings is 1. The van der Waals surface area contributed by atoms with Crippen molar-refractivity contribution < 1.29 is 12.8 Å². The van der Waals surface area contributed by atoms with Crippen molar-refractivity contribution >= 4 is 32.8 Å². The lowest BCUT2D eigenvalue weighted by Crippen LogP contribution is -2.35. The van der Waals surface area contributed by atoms with Crippen LogP contribution < -0.4 is 0 Å². The summed E-state index contributed by atoms with van der Waals surface area (Å²) in [6.07, 6.45) is 2.92. The molecule has 0 atom stereocenters. The van der Waals surface area contributed by atoms with Gasteiger partial charge in [-0.1, -0.05) is 32.0 Å². The Morgan fingerprint density at radius 3 is 2.60 bits per heavy atom. The quantitative estimate of drug-likeness (QED) is 0.503. The lowest BCUT2D eigenvalue weighted by atomic mass is 10.2. The van der Waals surface area contributed by atoms with E-state index in [0.717, 1.165) is 36.5 Å². The second-order valence-electron chi connectivity index (χ2n) is 7.73. The van der Waals surface area contributed by atoms with Crippen molar-refractivity contribution in [2.75, 3.05) is 13.1 Å². The average Bonchev–Trinajstić information content (AvgIpc) is 3.36. The molecule has 0 spiro atoms. The van der Waals surface area contributed by atoms with E-state index in [0.29, 0.717) is 41.0 Å². The standard InChI is InChI=1S/C20H27N5O3S2/c1-4-25-17-9-8-15(30(26,27)24-10-6-5-7-11-24)12-16(17)21-20(25)29-13-18-22-23-19(28-18)14(2)3/h8-9,12,14H,4-7,10-11,13H2,1-3H3. The second kappa shape index (κ2) is 8.68. The van der Waals surface area contributed by atoms with Gasteiger partial charge in [-0.15, -0.1) is 10.2 Å². The number of sulfonamides is 1. The molecule has 1 saturated heterocycles. The Labute approximate surface area is 181 Å². The number of imidazole rings is 1. The Kier molecular flexibility index (Phi) is 6.17. The number of rotatable bonds is 7. The number of hydrogen-bond acceptors (Lipinski definition) is 7. The van der Waals surface area contributed by atoms with Crippen LogP contribution in [0.25, 0.3) is 11.0 Å². The molecule has 0 saturated carbocycles. The fourth-order valence-electron chi connectivity index (χ4n) is 3.60. The van der Waals surface area contributed by atoms with Gasteiger partial charge in [0.15, 0.2) is 5.16 Å². The Bertz CT molecular complexity index is 1130. The maximum atomic E-state index is 13.0. The molecule has 3 heterocycles. The maximum Gasteiger partial charge on any atom is 0.243 e. The number of nitrogens with zero attached hydrogens (tertiary/aromatic N) is 5. The number of thioether (sulfide) groups is 1. The molecular formula is C20H27N5O3S2. The first-order chi connectivity index (χ1) is 14.4. The van der Waals surface area contributed by atoms with E-state index in [1.807, 2.05) is 26.8 Å². The van der Waals surface area contributed by atoms with Crippen LogP contribution in [-0.4, -0.2) is 45.6 Å². The minimum Gasteiger partial charge on any atom is -0.424 e. The molecule has 3 aromatic rings. The third-order valence-electron chi connectivity index (χ3n) is 5.25. The number of aromatic nitrogens is 4. The third-order valence-corrected chi connectivity index (χ3v) is 8.11. The highest BCUT2D eigenvalue weighted by molar-refractivity contribution is 7.98. The first-order valence-corrected chi connectivity index (χ1v) is 12.8. The highest BCUT2D eigenvalue weighted by atomic mass is 32.2. The first kappa shape index (κ1) is 21.3. The minimum atomic E-state index is -3.48. The van der Waals surface area contributed by atoms with Gasteiger partial charge in [-0.3, -0.25) is 0 Å². The Morgan fingerprint density at radius 2 is 1.93 bits per heavy atom. The van der Waals surface area contributed by atoms with Crippen molar-refractivity contribution in [3.8, 4) is 0 Å². The highest BCUT2D eigenvalue weighted by Crippen LogP contribution is 2.29. The number of aryl methyl sites for hydroxylation is 1. The molecule has 0 unspecified atom stereocenters. The summed E-state index contributed by atoms with van der Waals surface area (Å²) in [7, 11) is -3.48. The molecule has 1 fully saturated rings. The molecule has 4 rings (SSSR count). The summed E-state index contributed by atoms with van der Waals surface area (Å²) in [5, 5.41) is 8.98. The fourth-order valence-corrected chi connectivity index (χ4v) is 6.06. The van der Waals surface area contributed by atoms with E-state index in [9.17, 15) is 8.42 Å². The zero-order valence-corrected chi connectivity index (χ0v) is 19.2. The van der Waals surface area contributed by atoms with Crippen molar-refractivity contribution in [1.82, 2.24) is 24.1 Å². The summed E-state index contributed by atoms with van der Waals surface area (Å²) >= 11 is 1.51. The van der Waals surface area contributed by atoms with Crippen LogP contribution in [0.1, 0.15) is 57.7 Å². The SMILES string of the molecule is CCn1c(SCc2nnc(C(C)C)o2)nc2cc(S(=O)(=O)N3CCCCC3)ccc21. The van der Waals surface area contributed by atoms with E-state index in [1.54, 1.807) is 16.4 Å². The lowest BCUT2D eigenvalue weighted by molar-refractivity contribution is 0.346. The van der Waals surface area contributed by atoms with Gasteiger partial charge >= 0.3 is 0 Å². The van der Waals surface area contributed by atoms with Crippen LogP contribution in [0.4, 0.5) is 0 Å². The van der Waals surface area contributed by atoms with Crippen LogP contribution in [0.15, 0.2) is 32.7 Å². The summed E-state index contributed by atoms with van der Waals surface area (Å²) in [4.78, 5) is 5.03. The van der Waals surface area contributed by atoms with Crippen LogP contribution >= 0.6 is 11.8 Å². The van der Waals surface area contributed by atoms with Crippen LogP contribution in [0.3, 0.4) is 0 Å². The molecule has 0 radical (unpaired) electrons. The predicted molar refractivity (Wildman–Crippen MR) is 116 cm³/mol. The third kappa shape index (κ3) is 4.13. The highest BCUT2D eigenvalue weighted by Gasteiger charge is 2.26. The molecule has 1 aliphatic heterocycles. The van der Waals surface area contributed by atoms with Crippen LogP contribution in [0, 0.1) is 0 Å². The first-order valence-electron chi connectivity index (χ1n) is 10.4. The van der Waals surface area contributed by atoms with Gasteiger partial charge in [-0.25, -0.2) is 13.4 Å². The summed E-state index contributed by atoms with van der Waals surface area (Å²) in [6.45, 7) is 7.99. The van der Waals surface area contributed by atoms with Crippen molar-refractivity contribution in [2.45, 2.75) is 68.3 Å². The normalized spacial score (nSPS) is 16.0. The van der Waals surface area contributed by atoms with E-state index < -0.39 is 10.0 Å². The second-order valence-corrected chi connectivity index (χ2v) is 10.6. The topological polar surface area (TPSA) is 94.1 Å². The van der Waals surface area contributed by atoms with E-state index in [2.05, 4.69) is 14.8 Å². The Balaban J connectivity index is 1.60. The van der Waals surface area contributed by atoms with Gasteiger partial charge < -0.3 is 8.98 Å². The number of piperidine rings is 1. The monoisotopic (exact) mass is 449 g/mol. The van der Waals surface area contributed by atoms with Crippen LogP contribution in [-0.2, 0) is 22.3 Å². The molecule has 0 aliphatic carbocycles. The molecule has 0 amide bonds. The lowest BCUT2D eigenvalue weighted by Gasteiger charge is -2.25.